The highest BCUT2D eigenvalue weighted by molar-refractivity contribution is 5.83. The second-order valence-electron chi connectivity index (χ2n) is 4.90. The molecule has 1 aliphatic heterocycles. The van der Waals surface area contributed by atoms with Crippen molar-refractivity contribution < 1.29 is 14.7 Å². The fourth-order valence-electron chi connectivity index (χ4n) is 2.43. The third-order valence-electron chi connectivity index (χ3n) is 3.43. The zero-order valence-corrected chi connectivity index (χ0v) is 11.1. The van der Waals surface area contributed by atoms with E-state index in [9.17, 15) is 9.59 Å². The highest BCUT2D eigenvalue weighted by Gasteiger charge is 2.31. The van der Waals surface area contributed by atoms with E-state index in [1.54, 1.807) is 4.90 Å². The third kappa shape index (κ3) is 3.48. The van der Waals surface area contributed by atoms with Crippen molar-refractivity contribution in [2.24, 2.45) is 0 Å². The van der Waals surface area contributed by atoms with Crippen molar-refractivity contribution in [2.45, 2.75) is 57.7 Å². The Morgan fingerprint density at radius 3 is 2.44 bits per heavy atom. The van der Waals surface area contributed by atoms with E-state index in [0.29, 0.717) is 0 Å². The van der Waals surface area contributed by atoms with Crippen LogP contribution in [-0.2, 0) is 4.79 Å². The van der Waals surface area contributed by atoms with Crippen molar-refractivity contribution >= 4 is 12.0 Å². The standard InChI is InChI=1S/C13H22N2O3/c1-4-6-11(12(16)17)14-13(18)15-9(2)7-5-8-10(15)3/h4,9-11H,1,5-8H2,2-3H3,(H,14,18)(H,16,17). The van der Waals surface area contributed by atoms with Gasteiger partial charge in [-0.25, -0.2) is 9.59 Å². The van der Waals surface area contributed by atoms with Gasteiger partial charge in [-0.1, -0.05) is 6.08 Å². The molecule has 0 spiro atoms. The number of amides is 2. The van der Waals surface area contributed by atoms with Gasteiger partial charge in [0.2, 0.25) is 0 Å². The molecule has 1 rings (SSSR count). The van der Waals surface area contributed by atoms with Crippen molar-refractivity contribution in [1.82, 2.24) is 10.2 Å². The lowest BCUT2D eigenvalue weighted by molar-refractivity contribution is -0.139. The summed E-state index contributed by atoms with van der Waals surface area (Å²) in [5.74, 6) is -1.03. The zero-order valence-electron chi connectivity index (χ0n) is 11.1. The number of carboxylic acids is 1. The minimum Gasteiger partial charge on any atom is -0.480 e. The van der Waals surface area contributed by atoms with Gasteiger partial charge < -0.3 is 15.3 Å². The summed E-state index contributed by atoms with van der Waals surface area (Å²) in [6.45, 7) is 7.50. The number of piperidine rings is 1. The van der Waals surface area contributed by atoms with Crippen LogP contribution < -0.4 is 5.32 Å². The number of carbonyl (C=O) groups excluding carboxylic acids is 1. The van der Waals surface area contributed by atoms with Crippen LogP contribution >= 0.6 is 0 Å². The quantitative estimate of drug-likeness (QED) is 0.754. The van der Waals surface area contributed by atoms with E-state index in [4.69, 9.17) is 5.11 Å². The van der Waals surface area contributed by atoms with Gasteiger partial charge in [-0.05, 0) is 39.5 Å². The van der Waals surface area contributed by atoms with E-state index < -0.39 is 12.0 Å². The first kappa shape index (κ1) is 14.5. The number of carbonyl (C=O) groups is 2. The fraction of sp³-hybridized carbons (Fsp3) is 0.692. The molecule has 0 saturated carbocycles. The zero-order chi connectivity index (χ0) is 13.7. The molecule has 1 saturated heterocycles. The molecular formula is C13H22N2O3. The molecule has 1 fully saturated rings. The van der Waals surface area contributed by atoms with E-state index in [-0.39, 0.29) is 24.5 Å². The Kier molecular flexibility index (Phi) is 5.19. The molecule has 0 aromatic rings. The van der Waals surface area contributed by atoms with Crippen molar-refractivity contribution in [3.8, 4) is 0 Å². The molecule has 0 aromatic heterocycles. The topological polar surface area (TPSA) is 69.6 Å². The second-order valence-corrected chi connectivity index (χ2v) is 4.90. The highest BCUT2D eigenvalue weighted by atomic mass is 16.4. The van der Waals surface area contributed by atoms with Gasteiger partial charge in [-0.15, -0.1) is 6.58 Å². The van der Waals surface area contributed by atoms with Gasteiger partial charge in [-0.2, -0.15) is 0 Å². The molecule has 0 bridgehead atoms. The monoisotopic (exact) mass is 254 g/mol. The first-order valence-corrected chi connectivity index (χ1v) is 6.40. The summed E-state index contributed by atoms with van der Waals surface area (Å²) in [5, 5.41) is 11.6. The summed E-state index contributed by atoms with van der Waals surface area (Å²) in [6.07, 6.45) is 4.79. The molecule has 3 atom stereocenters. The number of hydrogen-bond acceptors (Lipinski definition) is 2. The first-order valence-electron chi connectivity index (χ1n) is 6.40. The van der Waals surface area contributed by atoms with Crippen LogP contribution in [0, 0.1) is 0 Å². The van der Waals surface area contributed by atoms with Gasteiger partial charge in [0.05, 0.1) is 0 Å². The molecule has 18 heavy (non-hydrogen) atoms. The van der Waals surface area contributed by atoms with E-state index in [1.807, 2.05) is 13.8 Å². The summed E-state index contributed by atoms with van der Waals surface area (Å²) in [7, 11) is 0. The van der Waals surface area contributed by atoms with Crippen molar-refractivity contribution in [2.75, 3.05) is 0 Å². The number of hydrogen-bond donors (Lipinski definition) is 2. The normalized spacial score (nSPS) is 25.3. The lowest BCUT2D eigenvalue weighted by atomic mass is 9.98. The first-order chi connectivity index (χ1) is 8.47. The molecule has 1 heterocycles. The summed E-state index contributed by atoms with van der Waals surface area (Å²) in [6, 6.07) is -0.862. The Morgan fingerprint density at radius 1 is 1.44 bits per heavy atom. The molecular weight excluding hydrogens is 232 g/mol. The molecule has 0 aliphatic carbocycles. The van der Waals surface area contributed by atoms with Crippen LogP contribution in [0.3, 0.4) is 0 Å². The predicted molar refractivity (Wildman–Crippen MR) is 69.4 cm³/mol. The Bertz CT molecular complexity index is 320. The maximum Gasteiger partial charge on any atom is 0.326 e. The average Bonchev–Trinajstić information content (AvgIpc) is 2.28. The van der Waals surface area contributed by atoms with Crippen LogP contribution in [0.4, 0.5) is 4.79 Å². The minimum absolute atomic E-state index is 0.159. The third-order valence-corrected chi connectivity index (χ3v) is 3.43. The van der Waals surface area contributed by atoms with Gasteiger partial charge in [0, 0.05) is 12.1 Å². The van der Waals surface area contributed by atoms with Crippen molar-refractivity contribution in [3.05, 3.63) is 12.7 Å². The molecule has 0 radical (unpaired) electrons. The molecule has 0 aromatic carbocycles. The average molecular weight is 254 g/mol. The summed E-state index contributed by atoms with van der Waals surface area (Å²) < 4.78 is 0. The smallest absolute Gasteiger partial charge is 0.326 e. The molecule has 102 valence electrons. The number of rotatable bonds is 4. The summed E-state index contributed by atoms with van der Waals surface area (Å²) in [5.41, 5.74) is 0. The number of carboxylic acid groups (broad SMARTS) is 1. The molecule has 1 aliphatic rings. The SMILES string of the molecule is C=CCC(NC(=O)N1C(C)CCCC1C)C(=O)O. The van der Waals surface area contributed by atoms with Crippen molar-refractivity contribution in [1.29, 1.82) is 0 Å². The second kappa shape index (κ2) is 6.42. The number of aliphatic carboxylic acids is 1. The lowest BCUT2D eigenvalue weighted by Crippen LogP contribution is -2.55. The fourth-order valence-corrected chi connectivity index (χ4v) is 2.43. The van der Waals surface area contributed by atoms with Crippen LogP contribution in [0.2, 0.25) is 0 Å². The van der Waals surface area contributed by atoms with E-state index >= 15 is 0 Å². The van der Waals surface area contributed by atoms with E-state index in [1.165, 1.54) is 6.08 Å². The van der Waals surface area contributed by atoms with Crippen molar-refractivity contribution in [3.63, 3.8) is 0 Å². The molecule has 2 amide bonds. The Hall–Kier alpha value is -1.52. The lowest BCUT2D eigenvalue weighted by Gasteiger charge is -2.39. The molecule has 5 heteroatoms. The Labute approximate surface area is 108 Å². The maximum absolute atomic E-state index is 12.1. The summed E-state index contributed by atoms with van der Waals surface area (Å²) >= 11 is 0. The molecule has 5 nitrogen and oxygen atoms in total. The molecule has 3 unspecified atom stereocenters. The molecule has 2 N–H and O–H groups in total. The van der Waals surface area contributed by atoms with Gasteiger partial charge in [-0.3, -0.25) is 0 Å². The van der Waals surface area contributed by atoms with Gasteiger partial charge in [0.15, 0.2) is 0 Å². The van der Waals surface area contributed by atoms with Gasteiger partial charge >= 0.3 is 12.0 Å². The minimum atomic E-state index is -1.03. The predicted octanol–water partition coefficient (Wildman–Crippen LogP) is 1.99. The van der Waals surface area contributed by atoms with Crippen LogP contribution in [-0.4, -0.2) is 40.1 Å². The summed E-state index contributed by atoms with van der Waals surface area (Å²) in [4.78, 5) is 24.9. The number of urea groups is 1. The van der Waals surface area contributed by atoms with Gasteiger partial charge in [0.1, 0.15) is 6.04 Å². The maximum atomic E-state index is 12.1. The van der Waals surface area contributed by atoms with Crippen LogP contribution in [0.15, 0.2) is 12.7 Å². The van der Waals surface area contributed by atoms with E-state index in [0.717, 1.165) is 19.3 Å². The van der Waals surface area contributed by atoms with Gasteiger partial charge in [0.25, 0.3) is 0 Å². The Morgan fingerprint density at radius 2 is 2.00 bits per heavy atom. The van der Waals surface area contributed by atoms with E-state index in [2.05, 4.69) is 11.9 Å². The largest absolute Gasteiger partial charge is 0.480 e. The number of likely N-dealkylation sites (tertiary alicyclic amines) is 1. The number of nitrogens with one attached hydrogen (secondary N) is 1. The number of nitrogens with zero attached hydrogens (tertiary/aromatic N) is 1. The van der Waals surface area contributed by atoms with Crippen LogP contribution in [0.1, 0.15) is 39.5 Å². The highest BCUT2D eigenvalue weighted by Crippen LogP contribution is 2.22. The van der Waals surface area contributed by atoms with Crippen LogP contribution in [0.5, 0.6) is 0 Å². The Balaban J connectivity index is 2.67. The van der Waals surface area contributed by atoms with Crippen LogP contribution in [0.25, 0.3) is 0 Å².